The minimum Gasteiger partial charge on any atom is -0.468 e. The molecule has 6 nitrogen and oxygen atoms in total. The maximum atomic E-state index is 11.4. The van der Waals surface area contributed by atoms with Gasteiger partial charge in [-0.25, -0.2) is 8.42 Å². The highest BCUT2D eigenvalue weighted by atomic mass is 32.2. The molecule has 3 N–H and O–H groups in total. The fourth-order valence-corrected chi connectivity index (χ4v) is 2.36. The molecule has 0 saturated carbocycles. The average Bonchev–Trinajstić information content (AvgIpc) is 2.22. The average molecular weight is 238 g/mol. The second-order valence-corrected chi connectivity index (χ2v) is 4.98. The first-order chi connectivity index (χ1) is 6.96. The van der Waals surface area contributed by atoms with E-state index >= 15 is 0 Å². The number of unbranched alkanes of at least 4 members (excludes halogenated alkanes) is 1. The molecule has 0 aliphatic rings. The summed E-state index contributed by atoms with van der Waals surface area (Å²) < 4.78 is 29.4. The number of methoxy groups -OCH3 is 1. The summed E-state index contributed by atoms with van der Waals surface area (Å²) >= 11 is 0. The normalized spacial score (nSPS) is 13.5. The van der Waals surface area contributed by atoms with Crippen LogP contribution in [-0.4, -0.2) is 39.8 Å². The van der Waals surface area contributed by atoms with Crippen LogP contribution in [0.3, 0.4) is 0 Å². The second kappa shape index (κ2) is 6.76. The third-order valence-corrected chi connectivity index (χ3v) is 3.28. The molecule has 0 aliphatic carbocycles. The van der Waals surface area contributed by atoms with Crippen LogP contribution in [0.1, 0.15) is 19.8 Å². The highest BCUT2D eigenvalue weighted by Crippen LogP contribution is 1.96. The second-order valence-electron chi connectivity index (χ2n) is 3.10. The van der Waals surface area contributed by atoms with Gasteiger partial charge < -0.3 is 10.5 Å². The van der Waals surface area contributed by atoms with E-state index in [2.05, 4.69) is 9.46 Å². The molecule has 0 heterocycles. The molecule has 0 unspecified atom stereocenters. The minimum absolute atomic E-state index is 0.00298. The van der Waals surface area contributed by atoms with Crippen molar-refractivity contribution in [2.45, 2.75) is 25.8 Å². The van der Waals surface area contributed by atoms with E-state index in [4.69, 9.17) is 5.73 Å². The summed E-state index contributed by atoms with van der Waals surface area (Å²) in [6.07, 6.45) is 1.32. The number of ether oxygens (including phenoxy) is 1. The molecule has 0 bridgehead atoms. The van der Waals surface area contributed by atoms with Crippen molar-refractivity contribution in [3.05, 3.63) is 0 Å². The molecule has 0 radical (unpaired) electrons. The van der Waals surface area contributed by atoms with Crippen molar-refractivity contribution in [2.24, 2.45) is 5.73 Å². The molecule has 90 valence electrons. The fourth-order valence-electron chi connectivity index (χ4n) is 0.945. The van der Waals surface area contributed by atoms with E-state index in [9.17, 15) is 13.2 Å². The lowest BCUT2D eigenvalue weighted by molar-refractivity contribution is -0.142. The standard InChI is InChI=1S/C8H18N2O4S/c1-3-4-5-15(12,13)10-7(6-9)8(11)14-2/h7,10H,3-6,9H2,1-2H3/t7-/m0/s1. The summed E-state index contributed by atoms with van der Waals surface area (Å²) in [5.41, 5.74) is 5.26. The van der Waals surface area contributed by atoms with Gasteiger partial charge in [0, 0.05) is 6.54 Å². The van der Waals surface area contributed by atoms with Crippen LogP contribution in [0.4, 0.5) is 0 Å². The fraction of sp³-hybridized carbons (Fsp3) is 0.875. The van der Waals surface area contributed by atoms with E-state index in [1.165, 1.54) is 7.11 Å². The summed E-state index contributed by atoms with van der Waals surface area (Å²) in [6.45, 7) is 1.77. The third kappa shape index (κ3) is 5.71. The van der Waals surface area contributed by atoms with Crippen LogP contribution in [0.25, 0.3) is 0 Å². The molecule has 0 rings (SSSR count). The molecule has 0 amide bonds. The molecular weight excluding hydrogens is 220 g/mol. The van der Waals surface area contributed by atoms with Gasteiger partial charge in [-0.3, -0.25) is 4.79 Å². The van der Waals surface area contributed by atoms with E-state index < -0.39 is 22.0 Å². The number of rotatable bonds is 7. The smallest absolute Gasteiger partial charge is 0.325 e. The van der Waals surface area contributed by atoms with Gasteiger partial charge in [0.1, 0.15) is 6.04 Å². The number of esters is 1. The number of hydrogen-bond acceptors (Lipinski definition) is 5. The van der Waals surface area contributed by atoms with Crippen LogP contribution in [0, 0.1) is 0 Å². The Bertz CT molecular complexity index is 289. The lowest BCUT2D eigenvalue weighted by atomic mass is 10.3. The van der Waals surface area contributed by atoms with Gasteiger partial charge in [0.05, 0.1) is 12.9 Å². The molecule has 1 atom stereocenters. The number of hydrogen-bond donors (Lipinski definition) is 2. The molecule has 7 heteroatoms. The zero-order valence-corrected chi connectivity index (χ0v) is 9.84. The van der Waals surface area contributed by atoms with Gasteiger partial charge in [-0.05, 0) is 6.42 Å². The molecule has 0 aromatic rings. The number of carbonyl (C=O) groups excluding carboxylic acids is 1. The molecule has 0 aromatic heterocycles. The van der Waals surface area contributed by atoms with Gasteiger partial charge in [-0.1, -0.05) is 13.3 Å². The van der Waals surface area contributed by atoms with Crippen LogP contribution in [0.15, 0.2) is 0 Å². The van der Waals surface area contributed by atoms with E-state index in [1.807, 2.05) is 6.92 Å². The highest BCUT2D eigenvalue weighted by molar-refractivity contribution is 7.89. The van der Waals surface area contributed by atoms with Crippen molar-refractivity contribution in [1.82, 2.24) is 4.72 Å². The van der Waals surface area contributed by atoms with E-state index in [0.29, 0.717) is 6.42 Å². The SMILES string of the molecule is CCCCS(=O)(=O)N[C@@H](CN)C(=O)OC. The zero-order valence-electron chi connectivity index (χ0n) is 9.02. The van der Waals surface area contributed by atoms with Crippen molar-refractivity contribution in [2.75, 3.05) is 19.4 Å². The molecule has 0 spiro atoms. The molecule has 0 aliphatic heterocycles. The first-order valence-electron chi connectivity index (χ1n) is 4.74. The Hall–Kier alpha value is -0.660. The van der Waals surface area contributed by atoms with E-state index in [0.717, 1.165) is 6.42 Å². The quantitative estimate of drug-likeness (QED) is 0.566. The summed E-state index contributed by atoms with van der Waals surface area (Å²) in [5.74, 6) is -0.672. The number of nitrogens with two attached hydrogens (primary N) is 1. The Labute approximate surface area is 90.2 Å². The predicted octanol–water partition coefficient (Wildman–Crippen LogP) is -0.794. The van der Waals surface area contributed by atoms with Crippen LogP contribution in [0.2, 0.25) is 0 Å². The van der Waals surface area contributed by atoms with Crippen LogP contribution in [-0.2, 0) is 19.6 Å². The number of nitrogens with one attached hydrogen (secondary N) is 1. The maximum Gasteiger partial charge on any atom is 0.325 e. The van der Waals surface area contributed by atoms with E-state index in [-0.39, 0.29) is 12.3 Å². The zero-order chi connectivity index (χ0) is 11.9. The molecule has 0 aromatic carbocycles. The first-order valence-corrected chi connectivity index (χ1v) is 6.40. The van der Waals surface area contributed by atoms with Crippen LogP contribution < -0.4 is 10.5 Å². The van der Waals surface area contributed by atoms with Crippen molar-refractivity contribution in [1.29, 1.82) is 0 Å². The Morgan fingerprint density at radius 2 is 2.13 bits per heavy atom. The van der Waals surface area contributed by atoms with Gasteiger partial charge in [0.15, 0.2) is 0 Å². The van der Waals surface area contributed by atoms with Gasteiger partial charge in [0.2, 0.25) is 10.0 Å². The number of sulfonamides is 1. The lowest BCUT2D eigenvalue weighted by Crippen LogP contribution is -2.47. The molecule has 0 fully saturated rings. The van der Waals surface area contributed by atoms with Crippen molar-refractivity contribution in [3.8, 4) is 0 Å². The summed E-state index contributed by atoms with van der Waals surface area (Å²) in [4.78, 5) is 11.1. The Balaban J connectivity index is 4.34. The monoisotopic (exact) mass is 238 g/mol. The molecule has 0 saturated heterocycles. The van der Waals surface area contributed by atoms with Crippen molar-refractivity contribution >= 4 is 16.0 Å². The summed E-state index contributed by atoms with van der Waals surface area (Å²) in [5, 5.41) is 0. The van der Waals surface area contributed by atoms with Gasteiger partial charge in [0.25, 0.3) is 0 Å². The highest BCUT2D eigenvalue weighted by Gasteiger charge is 2.23. The maximum absolute atomic E-state index is 11.4. The Kier molecular flexibility index (Phi) is 6.46. The largest absolute Gasteiger partial charge is 0.468 e. The van der Waals surface area contributed by atoms with Crippen LogP contribution in [0.5, 0.6) is 0 Å². The topological polar surface area (TPSA) is 98.5 Å². The predicted molar refractivity (Wildman–Crippen MR) is 56.7 cm³/mol. The van der Waals surface area contributed by atoms with Gasteiger partial charge in [-0.15, -0.1) is 0 Å². The van der Waals surface area contributed by atoms with E-state index in [1.54, 1.807) is 0 Å². The summed E-state index contributed by atoms with van der Waals surface area (Å²) in [6, 6.07) is -0.989. The Morgan fingerprint density at radius 3 is 2.53 bits per heavy atom. The minimum atomic E-state index is -3.44. The molecular formula is C8H18N2O4S. The van der Waals surface area contributed by atoms with Crippen molar-refractivity contribution < 1.29 is 17.9 Å². The summed E-state index contributed by atoms with van der Waals surface area (Å²) in [7, 11) is -2.26. The van der Waals surface area contributed by atoms with Crippen LogP contribution >= 0.6 is 0 Å². The van der Waals surface area contributed by atoms with Gasteiger partial charge >= 0.3 is 5.97 Å². The van der Waals surface area contributed by atoms with Gasteiger partial charge in [-0.2, -0.15) is 4.72 Å². The molecule has 15 heavy (non-hydrogen) atoms. The Morgan fingerprint density at radius 1 is 1.53 bits per heavy atom. The number of carbonyl (C=O) groups is 1. The lowest BCUT2D eigenvalue weighted by Gasteiger charge is -2.14. The van der Waals surface area contributed by atoms with Crippen molar-refractivity contribution in [3.63, 3.8) is 0 Å². The third-order valence-electron chi connectivity index (χ3n) is 1.81. The first kappa shape index (κ1) is 14.3.